The van der Waals surface area contributed by atoms with E-state index < -0.39 is 0 Å². The van der Waals surface area contributed by atoms with Gasteiger partial charge in [-0.25, -0.2) is 0 Å². The molecule has 1 aliphatic rings. The Balaban J connectivity index is 0.000000845. The summed E-state index contributed by atoms with van der Waals surface area (Å²) in [6.07, 6.45) is 0. The van der Waals surface area contributed by atoms with Crippen LogP contribution in [-0.2, 0) is 6.54 Å². The molecule has 2 rings (SSSR count). The Morgan fingerprint density at radius 3 is 2.69 bits per heavy atom. The fourth-order valence-electron chi connectivity index (χ4n) is 1.13. The van der Waals surface area contributed by atoms with Crippen LogP contribution in [0.5, 0.6) is 0 Å². The predicted molar refractivity (Wildman–Crippen MR) is 68.4 cm³/mol. The molecular weight excluding hydrogens is 295 g/mol. The van der Waals surface area contributed by atoms with Gasteiger partial charge >= 0.3 is 0 Å². The maximum absolute atomic E-state index is 4.20. The van der Waals surface area contributed by atoms with Crippen LogP contribution in [0.25, 0.3) is 0 Å². The molecule has 0 saturated heterocycles. The van der Waals surface area contributed by atoms with Crippen molar-refractivity contribution in [1.29, 1.82) is 0 Å². The lowest BCUT2D eigenvalue weighted by Gasteiger charge is -2.11. The lowest BCUT2D eigenvalue weighted by molar-refractivity contribution is 0.340. The third-order valence-corrected chi connectivity index (χ3v) is 2.41. The van der Waals surface area contributed by atoms with Crippen molar-refractivity contribution in [2.75, 3.05) is 5.88 Å². The molecule has 13 heavy (non-hydrogen) atoms. The van der Waals surface area contributed by atoms with Gasteiger partial charge in [0.2, 0.25) is 0 Å². The molecule has 0 aromatic heterocycles. The van der Waals surface area contributed by atoms with Gasteiger partial charge in [0.05, 0.1) is 18.0 Å². The van der Waals surface area contributed by atoms with E-state index in [2.05, 4.69) is 34.4 Å². The zero-order valence-electron chi connectivity index (χ0n) is 7.09. The van der Waals surface area contributed by atoms with E-state index in [0.717, 1.165) is 12.4 Å². The number of hydrogen-bond donors (Lipinski definition) is 0. The molecule has 0 radical (unpaired) electrons. The Labute approximate surface area is 99.4 Å². The Morgan fingerprint density at radius 1 is 1.31 bits per heavy atom. The molecule has 0 aliphatic carbocycles. The average Bonchev–Trinajstić information content (AvgIpc) is 2.59. The van der Waals surface area contributed by atoms with Gasteiger partial charge in [-0.2, -0.15) is 5.10 Å². The number of hydrazone groups is 1. The smallest absolute Gasteiger partial charge is 0.0874 e. The lowest BCUT2D eigenvalue weighted by atomic mass is 10.2. The van der Waals surface area contributed by atoms with E-state index in [4.69, 9.17) is 0 Å². The molecule has 2 nitrogen and oxygen atoms in total. The molecule has 0 unspecified atom stereocenters. The average molecular weight is 306 g/mol. The maximum Gasteiger partial charge on any atom is 0.0874 e. The summed E-state index contributed by atoms with van der Waals surface area (Å²) < 4.78 is 0. The quantitative estimate of drug-likeness (QED) is 0.781. The van der Waals surface area contributed by atoms with Crippen molar-refractivity contribution >= 4 is 41.3 Å². The van der Waals surface area contributed by atoms with Gasteiger partial charge < -0.3 is 0 Å². The molecule has 70 valence electrons. The van der Waals surface area contributed by atoms with Crippen molar-refractivity contribution in [3.63, 3.8) is 0 Å². The number of hydrogen-bond acceptors (Lipinski definition) is 3. The van der Waals surface area contributed by atoms with Gasteiger partial charge in [-0.05, 0) is 5.56 Å². The fraction of sp³-hybridized carbons (Fsp3) is 0.222. The molecule has 0 N–H and O–H groups in total. The van der Waals surface area contributed by atoms with Crippen LogP contribution in [0, 0.1) is 0 Å². The Hall–Kier alpha value is -0.230. The van der Waals surface area contributed by atoms with E-state index in [1.54, 1.807) is 11.8 Å². The van der Waals surface area contributed by atoms with Crippen molar-refractivity contribution in [3.05, 3.63) is 35.9 Å². The van der Waals surface area contributed by atoms with Gasteiger partial charge in [0, 0.05) is 0 Å². The number of nitrogens with zero attached hydrogens (tertiary/aromatic N) is 2. The highest BCUT2D eigenvalue weighted by Gasteiger charge is 2.05. The van der Waals surface area contributed by atoms with Gasteiger partial charge in [0.25, 0.3) is 0 Å². The zero-order valence-corrected chi connectivity index (χ0v) is 10.2. The second-order valence-corrected chi connectivity index (χ2v) is 3.47. The molecule has 1 aromatic rings. The van der Waals surface area contributed by atoms with Crippen molar-refractivity contribution in [2.24, 2.45) is 5.10 Å². The van der Waals surface area contributed by atoms with Gasteiger partial charge in [-0.15, -0.1) is 24.0 Å². The van der Waals surface area contributed by atoms with E-state index in [1.165, 1.54) is 5.56 Å². The maximum atomic E-state index is 4.20. The summed E-state index contributed by atoms with van der Waals surface area (Å²) in [5, 5.41) is 6.26. The Morgan fingerprint density at radius 2 is 2.08 bits per heavy atom. The fourth-order valence-corrected chi connectivity index (χ4v) is 1.73. The third-order valence-electron chi connectivity index (χ3n) is 1.72. The van der Waals surface area contributed by atoms with Crippen molar-refractivity contribution in [3.8, 4) is 0 Å². The topological polar surface area (TPSA) is 15.6 Å². The molecular formula is C9H11IN2S. The summed E-state index contributed by atoms with van der Waals surface area (Å²) in [4.78, 5) is 0. The molecule has 0 bridgehead atoms. The van der Waals surface area contributed by atoms with Crippen LogP contribution in [-0.4, -0.2) is 16.4 Å². The lowest BCUT2D eigenvalue weighted by Crippen LogP contribution is -2.11. The number of thioether (sulfide) groups is 1. The Bertz CT molecular complexity index is 276. The molecule has 0 spiro atoms. The van der Waals surface area contributed by atoms with Crippen LogP contribution < -0.4 is 0 Å². The molecule has 1 heterocycles. The summed E-state index contributed by atoms with van der Waals surface area (Å²) >= 11 is 1.74. The van der Waals surface area contributed by atoms with Crippen LogP contribution in [0.4, 0.5) is 0 Å². The van der Waals surface area contributed by atoms with Gasteiger partial charge in [-0.3, -0.25) is 5.01 Å². The summed E-state index contributed by atoms with van der Waals surface area (Å²) in [7, 11) is 0. The zero-order chi connectivity index (χ0) is 8.23. The predicted octanol–water partition coefficient (Wildman–Crippen LogP) is 2.75. The third kappa shape index (κ3) is 3.19. The molecule has 1 aliphatic heterocycles. The van der Waals surface area contributed by atoms with E-state index in [1.807, 2.05) is 11.6 Å². The first-order valence-electron chi connectivity index (χ1n) is 3.88. The van der Waals surface area contributed by atoms with Gasteiger partial charge in [0.1, 0.15) is 0 Å². The van der Waals surface area contributed by atoms with Crippen LogP contribution >= 0.6 is 35.7 Å². The van der Waals surface area contributed by atoms with Crippen molar-refractivity contribution in [1.82, 2.24) is 5.01 Å². The van der Waals surface area contributed by atoms with Crippen molar-refractivity contribution < 1.29 is 0 Å². The summed E-state index contributed by atoms with van der Waals surface area (Å²) in [5.41, 5.74) is 3.21. The second kappa shape index (κ2) is 5.49. The van der Waals surface area contributed by atoms with E-state index in [9.17, 15) is 0 Å². The van der Waals surface area contributed by atoms with Crippen LogP contribution in [0.3, 0.4) is 0 Å². The second-order valence-electron chi connectivity index (χ2n) is 2.67. The van der Waals surface area contributed by atoms with Gasteiger partial charge in [-0.1, -0.05) is 42.1 Å². The summed E-state index contributed by atoms with van der Waals surface area (Å²) in [6.45, 7) is 0.921. The van der Waals surface area contributed by atoms with E-state index in [-0.39, 0.29) is 24.0 Å². The number of benzene rings is 1. The highest BCUT2D eigenvalue weighted by molar-refractivity contribution is 14.0. The normalized spacial score (nSPS) is 14.3. The molecule has 0 saturated carbocycles. The highest BCUT2D eigenvalue weighted by atomic mass is 127. The first kappa shape index (κ1) is 10.8. The largest absolute Gasteiger partial charge is 0.282 e. The molecule has 4 heteroatoms. The molecule has 0 atom stereocenters. The first-order valence-corrected chi connectivity index (χ1v) is 4.93. The molecule has 0 fully saturated rings. The highest BCUT2D eigenvalue weighted by Crippen LogP contribution is 2.13. The standard InChI is InChI=1S/C9H10N2S.HI/c1-2-4-9(5-3-1)6-11-8-12-7-10-11;/h1-5,7H,6,8H2;1H. The SMILES string of the molecule is C1=NN(Cc2ccccc2)CS1.I. The monoisotopic (exact) mass is 306 g/mol. The van der Waals surface area contributed by atoms with Crippen LogP contribution in [0.2, 0.25) is 0 Å². The molecule has 0 amide bonds. The molecule has 1 aromatic carbocycles. The number of rotatable bonds is 2. The summed E-state index contributed by atoms with van der Waals surface area (Å²) in [5.74, 6) is 0.981. The van der Waals surface area contributed by atoms with E-state index in [0.29, 0.717) is 0 Å². The number of halogens is 1. The minimum Gasteiger partial charge on any atom is -0.282 e. The van der Waals surface area contributed by atoms with Gasteiger partial charge in [0.15, 0.2) is 0 Å². The first-order chi connectivity index (χ1) is 5.95. The minimum absolute atomic E-state index is 0. The summed E-state index contributed by atoms with van der Waals surface area (Å²) in [6, 6.07) is 10.4. The minimum atomic E-state index is 0. The van der Waals surface area contributed by atoms with E-state index >= 15 is 0 Å². The van der Waals surface area contributed by atoms with Crippen LogP contribution in [0.1, 0.15) is 5.56 Å². The van der Waals surface area contributed by atoms with Crippen molar-refractivity contribution in [2.45, 2.75) is 6.54 Å². The van der Waals surface area contributed by atoms with Crippen LogP contribution in [0.15, 0.2) is 35.4 Å². The Kier molecular flexibility index (Phi) is 4.58.